The van der Waals surface area contributed by atoms with Gasteiger partial charge >= 0.3 is 0 Å². The summed E-state index contributed by atoms with van der Waals surface area (Å²) in [7, 11) is 0. The van der Waals surface area contributed by atoms with E-state index in [1.54, 1.807) is 6.07 Å². The molecule has 1 aromatic heterocycles. The van der Waals surface area contributed by atoms with Crippen LogP contribution in [-0.4, -0.2) is 23.2 Å². The van der Waals surface area contributed by atoms with E-state index in [9.17, 15) is 4.79 Å². The number of H-pyrrole nitrogens is 2. The number of aromatic amines is 2. The Morgan fingerprint density at radius 3 is 3.00 bits per heavy atom. The van der Waals surface area contributed by atoms with Crippen molar-refractivity contribution in [3.05, 3.63) is 26.9 Å². The molecule has 5 heteroatoms. The van der Waals surface area contributed by atoms with Crippen LogP contribution in [0.25, 0.3) is 0 Å². The molecule has 1 aliphatic rings. The Hall–Kier alpha value is -0.940. The maximum Gasteiger partial charge on any atom is 0.251 e. The van der Waals surface area contributed by atoms with Gasteiger partial charge in [-0.25, -0.2) is 0 Å². The fourth-order valence-corrected chi connectivity index (χ4v) is 1.71. The summed E-state index contributed by atoms with van der Waals surface area (Å²) >= 11 is 4.87. The molecule has 1 atom stereocenters. The molecule has 1 fully saturated rings. The van der Waals surface area contributed by atoms with E-state index in [1.807, 2.05) is 0 Å². The smallest absolute Gasteiger partial charge is 0.251 e. The van der Waals surface area contributed by atoms with Crippen LogP contribution in [0.4, 0.5) is 0 Å². The predicted octanol–water partition coefficient (Wildman–Crippen LogP) is 0.936. The van der Waals surface area contributed by atoms with Crippen LogP contribution in [0, 0.1) is 4.77 Å². The molecule has 13 heavy (non-hydrogen) atoms. The predicted molar refractivity (Wildman–Crippen MR) is 50.4 cm³/mol. The number of nitrogens with one attached hydrogen (secondary N) is 2. The van der Waals surface area contributed by atoms with Crippen molar-refractivity contribution in [2.24, 2.45) is 0 Å². The molecule has 0 saturated carbocycles. The van der Waals surface area contributed by atoms with Crippen molar-refractivity contribution in [3.63, 3.8) is 0 Å². The second-order valence-electron chi connectivity index (χ2n) is 3.10. The van der Waals surface area contributed by atoms with Crippen LogP contribution in [0.5, 0.6) is 0 Å². The first-order chi connectivity index (χ1) is 6.25. The fraction of sp³-hybridized carbons (Fsp3) is 0.500. The highest BCUT2D eigenvalue weighted by atomic mass is 32.1. The molecule has 2 rings (SSSR count). The molecule has 2 N–H and O–H groups in total. The Kier molecular flexibility index (Phi) is 2.28. The molecular formula is C8H10N2O2S. The molecule has 0 bridgehead atoms. The van der Waals surface area contributed by atoms with Gasteiger partial charge in [-0.05, 0) is 18.6 Å². The Bertz CT molecular complexity index is 375. The lowest BCUT2D eigenvalue weighted by molar-refractivity contribution is 0.193. The van der Waals surface area contributed by atoms with E-state index >= 15 is 0 Å². The standard InChI is InChI=1S/C8H10N2O2S/c11-7-3-6(9-8(13)10-7)5-1-2-12-4-5/h3,5H,1-2,4H2,(H2,9,10,11,13). The van der Waals surface area contributed by atoms with Crippen LogP contribution in [0.3, 0.4) is 0 Å². The number of rotatable bonds is 1. The van der Waals surface area contributed by atoms with Gasteiger partial charge in [0.2, 0.25) is 0 Å². The molecule has 4 nitrogen and oxygen atoms in total. The van der Waals surface area contributed by atoms with E-state index in [2.05, 4.69) is 9.97 Å². The topological polar surface area (TPSA) is 57.9 Å². The quantitative estimate of drug-likeness (QED) is 0.660. The van der Waals surface area contributed by atoms with Crippen molar-refractivity contribution in [2.75, 3.05) is 13.2 Å². The summed E-state index contributed by atoms with van der Waals surface area (Å²) in [6, 6.07) is 1.55. The van der Waals surface area contributed by atoms with E-state index in [0.29, 0.717) is 17.3 Å². The van der Waals surface area contributed by atoms with Gasteiger partial charge in [-0.2, -0.15) is 0 Å². The average Bonchev–Trinajstić information content (AvgIpc) is 2.53. The van der Waals surface area contributed by atoms with Crippen LogP contribution in [0.2, 0.25) is 0 Å². The average molecular weight is 198 g/mol. The van der Waals surface area contributed by atoms with Crippen molar-refractivity contribution in [1.82, 2.24) is 9.97 Å². The molecule has 0 amide bonds. The minimum atomic E-state index is -0.148. The summed E-state index contributed by atoms with van der Waals surface area (Å²) < 4.78 is 5.61. The van der Waals surface area contributed by atoms with Gasteiger partial charge in [0.25, 0.3) is 5.56 Å². The minimum Gasteiger partial charge on any atom is -0.381 e. The van der Waals surface area contributed by atoms with Crippen LogP contribution >= 0.6 is 12.2 Å². The zero-order valence-corrected chi connectivity index (χ0v) is 7.82. The lowest BCUT2D eigenvalue weighted by atomic mass is 10.1. The van der Waals surface area contributed by atoms with Gasteiger partial charge in [-0.3, -0.25) is 9.78 Å². The lowest BCUT2D eigenvalue weighted by Gasteiger charge is -2.05. The van der Waals surface area contributed by atoms with E-state index in [4.69, 9.17) is 17.0 Å². The highest BCUT2D eigenvalue weighted by Gasteiger charge is 2.18. The third kappa shape index (κ3) is 1.87. The number of ether oxygens (including phenoxy) is 1. The number of hydrogen-bond acceptors (Lipinski definition) is 3. The Morgan fingerprint density at radius 1 is 1.54 bits per heavy atom. The molecule has 1 aromatic rings. The molecule has 1 saturated heterocycles. The third-order valence-electron chi connectivity index (χ3n) is 2.15. The van der Waals surface area contributed by atoms with Gasteiger partial charge in [0.1, 0.15) is 0 Å². The lowest BCUT2D eigenvalue weighted by Crippen LogP contribution is -2.11. The van der Waals surface area contributed by atoms with Crippen molar-refractivity contribution in [2.45, 2.75) is 12.3 Å². The van der Waals surface area contributed by atoms with Gasteiger partial charge in [0, 0.05) is 24.3 Å². The van der Waals surface area contributed by atoms with Crippen LogP contribution < -0.4 is 5.56 Å². The maximum atomic E-state index is 11.1. The SMILES string of the molecule is O=c1cc(C2CCOC2)[nH]c(=S)[nH]1. The van der Waals surface area contributed by atoms with Gasteiger partial charge in [0.05, 0.1) is 6.61 Å². The van der Waals surface area contributed by atoms with Gasteiger partial charge < -0.3 is 9.72 Å². The highest BCUT2D eigenvalue weighted by molar-refractivity contribution is 7.71. The van der Waals surface area contributed by atoms with Gasteiger partial charge in [0.15, 0.2) is 4.77 Å². The van der Waals surface area contributed by atoms with E-state index in [-0.39, 0.29) is 5.56 Å². The zero-order chi connectivity index (χ0) is 9.26. The second kappa shape index (κ2) is 3.43. The highest BCUT2D eigenvalue weighted by Crippen LogP contribution is 2.21. The molecule has 0 aromatic carbocycles. The Morgan fingerprint density at radius 2 is 2.38 bits per heavy atom. The molecule has 1 aliphatic heterocycles. The van der Waals surface area contributed by atoms with Crippen LogP contribution in [0.15, 0.2) is 10.9 Å². The first-order valence-corrected chi connectivity index (χ1v) is 4.58. The number of hydrogen-bond donors (Lipinski definition) is 2. The van der Waals surface area contributed by atoms with E-state index in [0.717, 1.165) is 18.7 Å². The van der Waals surface area contributed by atoms with Crippen LogP contribution in [-0.2, 0) is 4.74 Å². The molecule has 70 valence electrons. The van der Waals surface area contributed by atoms with Crippen molar-refractivity contribution >= 4 is 12.2 Å². The van der Waals surface area contributed by atoms with E-state index in [1.165, 1.54) is 0 Å². The molecule has 0 radical (unpaired) electrons. The molecular weight excluding hydrogens is 188 g/mol. The van der Waals surface area contributed by atoms with Gasteiger partial charge in [-0.1, -0.05) is 0 Å². The minimum absolute atomic E-state index is 0.148. The Balaban J connectivity index is 2.39. The zero-order valence-electron chi connectivity index (χ0n) is 7.00. The molecule has 2 heterocycles. The summed E-state index contributed by atoms with van der Waals surface area (Å²) in [5.74, 6) is 0.295. The second-order valence-corrected chi connectivity index (χ2v) is 3.51. The Labute approximate surface area is 80.0 Å². The summed E-state index contributed by atoms with van der Waals surface area (Å²) in [6.45, 7) is 1.44. The normalized spacial score (nSPS) is 22.0. The largest absolute Gasteiger partial charge is 0.381 e. The van der Waals surface area contributed by atoms with Crippen LogP contribution in [0.1, 0.15) is 18.0 Å². The summed E-state index contributed by atoms with van der Waals surface area (Å²) in [6.07, 6.45) is 0.953. The maximum absolute atomic E-state index is 11.1. The summed E-state index contributed by atoms with van der Waals surface area (Å²) in [5, 5.41) is 0. The molecule has 1 unspecified atom stereocenters. The fourth-order valence-electron chi connectivity index (χ4n) is 1.49. The molecule has 0 aliphatic carbocycles. The van der Waals surface area contributed by atoms with Gasteiger partial charge in [-0.15, -0.1) is 0 Å². The molecule has 0 spiro atoms. The van der Waals surface area contributed by atoms with Crippen molar-refractivity contribution in [3.8, 4) is 0 Å². The third-order valence-corrected chi connectivity index (χ3v) is 2.35. The van der Waals surface area contributed by atoms with Crippen molar-refractivity contribution in [1.29, 1.82) is 0 Å². The monoisotopic (exact) mass is 198 g/mol. The first-order valence-electron chi connectivity index (χ1n) is 4.17. The summed E-state index contributed by atoms with van der Waals surface area (Å²) in [5.41, 5.74) is 0.733. The van der Waals surface area contributed by atoms with E-state index < -0.39 is 0 Å². The van der Waals surface area contributed by atoms with Crippen molar-refractivity contribution < 1.29 is 4.74 Å². The first kappa shape index (κ1) is 8.65. The summed E-state index contributed by atoms with van der Waals surface area (Å²) in [4.78, 5) is 16.6. The number of aromatic nitrogens is 2.